The van der Waals surface area contributed by atoms with Crippen LogP contribution in [0.5, 0.6) is 0 Å². The summed E-state index contributed by atoms with van der Waals surface area (Å²) in [5.74, 6) is -1.90. The van der Waals surface area contributed by atoms with E-state index >= 15 is 0 Å². The number of carboxylic acid groups (broad SMARTS) is 1. The second kappa shape index (κ2) is 4.44. The zero-order chi connectivity index (χ0) is 12.6. The van der Waals surface area contributed by atoms with Gasteiger partial charge >= 0.3 is 5.97 Å². The molecule has 0 bridgehead atoms. The molecule has 1 fully saturated rings. The lowest BCUT2D eigenvalue weighted by Crippen LogP contribution is -2.25. The van der Waals surface area contributed by atoms with Gasteiger partial charge in [0.05, 0.1) is 24.1 Å². The highest BCUT2D eigenvalue weighted by molar-refractivity contribution is 7.11. The fourth-order valence-corrected chi connectivity index (χ4v) is 2.54. The molecular formula is C11H14N2O3S. The normalized spacial score (nSPS) is 22.2. The average molecular weight is 254 g/mol. The molecule has 1 aliphatic rings. The molecule has 1 aromatic rings. The molecule has 0 radical (unpaired) electrons. The Morgan fingerprint density at radius 2 is 2.18 bits per heavy atom. The van der Waals surface area contributed by atoms with Crippen LogP contribution in [0.1, 0.15) is 22.0 Å². The third-order valence-corrected chi connectivity index (χ3v) is 4.00. The average Bonchev–Trinajstić information content (AvgIpc) is 2.99. The molecular weight excluding hydrogens is 240 g/mol. The summed E-state index contributed by atoms with van der Waals surface area (Å²) in [5, 5.41) is 12.3. The molecule has 1 aromatic heterocycles. The van der Waals surface area contributed by atoms with Crippen molar-refractivity contribution < 1.29 is 14.7 Å². The van der Waals surface area contributed by atoms with Crippen LogP contribution in [-0.2, 0) is 16.1 Å². The van der Waals surface area contributed by atoms with E-state index < -0.39 is 11.9 Å². The quantitative estimate of drug-likeness (QED) is 0.843. The summed E-state index contributed by atoms with van der Waals surface area (Å²) in [5.41, 5.74) is 0.981. The molecule has 0 aliphatic heterocycles. The van der Waals surface area contributed by atoms with E-state index in [4.69, 9.17) is 5.11 Å². The van der Waals surface area contributed by atoms with Crippen LogP contribution in [-0.4, -0.2) is 22.0 Å². The Morgan fingerprint density at radius 3 is 2.65 bits per heavy atom. The van der Waals surface area contributed by atoms with E-state index in [2.05, 4.69) is 10.3 Å². The molecule has 2 rings (SSSR count). The summed E-state index contributed by atoms with van der Waals surface area (Å²) in [7, 11) is 0. The lowest BCUT2D eigenvalue weighted by Gasteiger charge is -2.00. The van der Waals surface area contributed by atoms with Crippen LogP contribution in [0.2, 0.25) is 0 Å². The molecule has 2 atom stereocenters. The van der Waals surface area contributed by atoms with Crippen molar-refractivity contribution in [2.45, 2.75) is 26.8 Å². The van der Waals surface area contributed by atoms with E-state index in [9.17, 15) is 9.59 Å². The van der Waals surface area contributed by atoms with Gasteiger partial charge in [0.1, 0.15) is 5.01 Å². The van der Waals surface area contributed by atoms with E-state index in [1.807, 2.05) is 13.8 Å². The number of carbonyl (C=O) groups excluding carboxylic acids is 1. The fraction of sp³-hybridized carbons (Fsp3) is 0.545. The van der Waals surface area contributed by atoms with E-state index in [1.54, 1.807) is 11.3 Å². The Hall–Kier alpha value is -1.43. The number of carbonyl (C=O) groups is 2. The van der Waals surface area contributed by atoms with Gasteiger partial charge in [-0.25, -0.2) is 4.98 Å². The topological polar surface area (TPSA) is 79.3 Å². The highest BCUT2D eigenvalue weighted by Crippen LogP contribution is 2.38. The number of aliphatic carboxylic acids is 1. The van der Waals surface area contributed by atoms with E-state index in [0.717, 1.165) is 15.6 Å². The van der Waals surface area contributed by atoms with Crippen LogP contribution in [0, 0.1) is 25.7 Å². The predicted molar refractivity (Wildman–Crippen MR) is 62.7 cm³/mol. The van der Waals surface area contributed by atoms with Crippen LogP contribution < -0.4 is 5.32 Å². The number of thiazole rings is 1. The molecule has 6 heteroatoms. The second-order valence-electron chi connectivity index (χ2n) is 4.25. The van der Waals surface area contributed by atoms with Gasteiger partial charge in [0.15, 0.2) is 0 Å². The SMILES string of the molecule is Cc1nc(CNC(=O)C2CC2C(=O)O)sc1C. The van der Waals surface area contributed by atoms with Gasteiger partial charge in [0, 0.05) is 4.88 Å². The largest absolute Gasteiger partial charge is 0.481 e. The van der Waals surface area contributed by atoms with Gasteiger partial charge in [-0.3, -0.25) is 9.59 Å². The zero-order valence-corrected chi connectivity index (χ0v) is 10.5. The lowest BCUT2D eigenvalue weighted by atomic mass is 10.3. The maximum atomic E-state index is 11.6. The van der Waals surface area contributed by atoms with Gasteiger partial charge in [-0.05, 0) is 20.3 Å². The Labute approximate surface area is 103 Å². The van der Waals surface area contributed by atoms with Gasteiger partial charge in [-0.2, -0.15) is 0 Å². The Morgan fingerprint density at radius 1 is 1.47 bits per heavy atom. The number of nitrogens with one attached hydrogen (secondary N) is 1. The number of rotatable bonds is 4. The van der Waals surface area contributed by atoms with E-state index in [-0.39, 0.29) is 11.8 Å². The maximum absolute atomic E-state index is 11.6. The van der Waals surface area contributed by atoms with E-state index in [0.29, 0.717) is 13.0 Å². The first kappa shape index (κ1) is 12.0. The maximum Gasteiger partial charge on any atom is 0.307 e. The number of hydrogen-bond acceptors (Lipinski definition) is 4. The molecule has 0 spiro atoms. The summed E-state index contributed by atoms with van der Waals surface area (Å²) in [6, 6.07) is 0. The molecule has 5 nitrogen and oxygen atoms in total. The summed E-state index contributed by atoms with van der Waals surface area (Å²) < 4.78 is 0. The minimum atomic E-state index is -0.883. The van der Waals surface area contributed by atoms with Gasteiger partial charge < -0.3 is 10.4 Å². The van der Waals surface area contributed by atoms with Crippen LogP contribution >= 0.6 is 11.3 Å². The number of nitrogens with zero attached hydrogens (tertiary/aromatic N) is 1. The molecule has 0 saturated heterocycles. The molecule has 1 aliphatic carbocycles. The first-order valence-electron chi connectivity index (χ1n) is 5.42. The monoisotopic (exact) mass is 254 g/mol. The Kier molecular flexibility index (Phi) is 3.15. The summed E-state index contributed by atoms with van der Waals surface area (Å²) in [6.45, 7) is 4.30. The minimum absolute atomic E-state index is 0.178. The Balaban J connectivity index is 1.83. The van der Waals surface area contributed by atoms with Crippen LogP contribution in [0.15, 0.2) is 0 Å². The van der Waals surface area contributed by atoms with Crippen molar-refractivity contribution >= 4 is 23.2 Å². The number of aryl methyl sites for hydroxylation is 2. The number of carboxylic acids is 1. The highest BCUT2D eigenvalue weighted by atomic mass is 32.1. The molecule has 1 amide bonds. The Bertz CT molecular complexity index is 450. The van der Waals surface area contributed by atoms with Crippen LogP contribution in [0.25, 0.3) is 0 Å². The van der Waals surface area contributed by atoms with Crippen LogP contribution in [0.4, 0.5) is 0 Å². The lowest BCUT2D eigenvalue weighted by molar-refractivity contribution is -0.140. The first-order chi connectivity index (χ1) is 7.99. The number of aromatic nitrogens is 1. The fourth-order valence-electron chi connectivity index (χ4n) is 1.67. The molecule has 1 heterocycles. The highest BCUT2D eigenvalue weighted by Gasteiger charge is 2.48. The van der Waals surface area contributed by atoms with Crippen molar-refractivity contribution in [1.29, 1.82) is 0 Å². The third-order valence-electron chi connectivity index (χ3n) is 2.93. The summed E-state index contributed by atoms with van der Waals surface area (Å²) >= 11 is 1.55. The molecule has 92 valence electrons. The second-order valence-corrected chi connectivity index (χ2v) is 5.54. The van der Waals surface area contributed by atoms with Crippen molar-refractivity contribution in [1.82, 2.24) is 10.3 Å². The minimum Gasteiger partial charge on any atom is -0.481 e. The smallest absolute Gasteiger partial charge is 0.307 e. The van der Waals surface area contributed by atoms with Crippen molar-refractivity contribution in [3.05, 3.63) is 15.6 Å². The standard InChI is InChI=1S/C11H14N2O3S/c1-5-6(2)17-9(13-5)4-12-10(14)7-3-8(7)11(15)16/h7-8H,3-4H2,1-2H3,(H,12,14)(H,15,16). The van der Waals surface area contributed by atoms with Gasteiger partial charge in [0.25, 0.3) is 0 Å². The number of amides is 1. The van der Waals surface area contributed by atoms with Gasteiger partial charge in [-0.1, -0.05) is 0 Å². The molecule has 1 saturated carbocycles. The molecule has 2 N–H and O–H groups in total. The number of hydrogen-bond donors (Lipinski definition) is 2. The van der Waals surface area contributed by atoms with Crippen molar-refractivity contribution in [2.75, 3.05) is 0 Å². The zero-order valence-electron chi connectivity index (χ0n) is 9.69. The molecule has 17 heavy (non-hydrogen) atoms. The van der Waals surface area contributed by atoms with Crippen molar-refractivity contribution in [3.8, 4) is 0 Å². The predicted octanol–water partition coefficient (Wildman–Crippen LogP) is 1.10. The van der Waals surface area contributed by atoms with Gasteiger partial charge in [0.2, 0.25) is 5.91 Å². The molecule has 0 aromatic carbocycles. The third kappa shape index (κ3) is 2.63. The first-order valence-corrected chi connectivity index (χ1v) is 6.24. The molecule has 2 unspecified atom stereocenters. The van der Waals surface area contributed by atoms with E-state index in [1.165, 1.54) is 0 Å². The van der Waals surface area contributed by atoms with Crippen molar-refractivity contribution in [2.24, 2.45) is 11.8 Å². The summed E-state index contributed by atoms with van der Waals surface area (Å²) in [6.07, 6.45) is 0.455. The van der Waals surface area contributed by atoms with Crippen molar-refractivity contribution in [3.63, 3.8) is 0 Å². The summed E-state index contributed by atoms with van der Waals surface area (Å²) in [4.78, 5) is 27.6. The van der Waals surface area contributed by atoms with Crippen LogP contribution in [0.3, 0.4) is 0 Å². The van der Waals surface area contributed by atoms with Gasteiger partial charge in [-0.15, -0.1) is 11.3 Å².